The molecule has 0 aromatic carbocycles. The van der Waals surface area contributed by atoms with Crippen LogP contribution >= 0.6 is 8.30 Å². The van der Waals surface area contributed by atoms with Gasteiger partial charge in [0.15, 0.2) is 0 Å². The van der Waals surface area contributed by atoms with Gasteiger partial charge in [-0.2, -0.15) is 0 Å². The molecule has 0 aromatic heterocycles. The number of rotatable bonds is 1. The van der Waals surface area contributed by atoms with Gasteiger partial charge in [-0.3, -0.25) is 4.67 Å². The van der Waals surface area contributed by atoms with Crippen molar-refractivity contribution in [2.24, 2.45) is 0 Å². The molecule has 0 aromatic rings. The van der Waals surface area contributed by atoms with Crippen LogP contribution in [0, 0.1) is 0 Å². The summed E-state index contributed by atoms with van der Waals surface area (Å²) in [5, 5.41) is 0. The minimum absolute atomic E-state index is 0.217. The van der Waals surface area contributed by atoms with Gasteiger partial charge in [-0.1, -0.05) is 6.92 Å². The Morgan fingerprint density at radius 1 is 1.64 bits per heavy atom. The fraction of sp³-hybridized carbons (Fsp3) is 1.00. The number of fused-ring (bicyclic) bond motifs is 1. The van der Waals surface area contributed by atoms with Crippen LogP contribution in [0.1, 0.15) is 26.2 Å². The van der Waals surface area contributed by atoms with Crippen molar-refractivity contribution >= 4 is 8.30 Å². The molecule has 0 spiro atoms. The summed E-state index contributed by atoms with van der Waals surface area (Å²) in [5.41, 5.74) is 0. The predicted octanol–water partition coefficient (Wildman–Crippen LogP) is 2.20. The maximum absolute atomic E-state index is 5.87. The van der Waals surface area contributed by atoms with E-state index in [0.717, 1.165) is 6.04 Å². The van der Waals surface area contributed by atoms with Gasteiger partial charge in [0.05, 0.1) is 6.10 Å². The second kappa shape index (κ2) is 3.01. The van der Waals surface area contributed by atoms with Gasteiger partial charge in [-0.25, -0.2) is 0 Å². The molecule has 2 fully saturated rings. The standard InChI is InChI=1S/C8H16NOP/c1-3-8-7-5-4-6-9(7)11(2)10-8/h7-8H,3-6H2,1-2H3/t7-,8+,11+/m0/s1. The Hall–Kier alpha value is 0.350. The number of hydrogen-bond donors (Lipinski definition) is 0. The van der Waals surface area contributed by atoms with Crippen molar-refractivity contribution < 1.29 is 4.52 Å². The summed E-state index contributed by atoms with van der Waals surface area (Å²) in [7, 11) is -0.217. The Bertz CT molecular complexity index is 153. The SMILES string of the molecule is CC[C@H]1O[P@](C)N2CCC[C@@H]12. The number of nitrogens with zero attached hydrogens (tertiary/aromatic N) is 1. The molecule has 2 nitrogen and oxygen atoms in total. The van der Waals surface area contributed by atoms with Crippen LogP contribution in [0.25, 0.3) is 0 Å². The highest BCUT2D eigenvalue weighted by Gasteiger charge is 2.41. The molecule has 0 radical (unpaired) electrons. The molecule has 2 aliphatic heterocycles. The van der Waals surface area contributed by atoms with Gasteiger partial charge >= 0.3 is 0 Å². The molecule has 0 unspecified atom stereocenters. The third-order valence-corrected chi connectivity index (χ3v) is 4.55. The molecule has 0 N–H and O–H groups in total. The highest BCUT2D eigenvalue weighted by atomic mass is 31.2. The summed E-state index contributed by atoms with van der Waals surface area (Å²) in [6, 6.07) is 0.774. The normalized spacial score (nSPS) is 44.7. The van der Waals surface area contributed by atoms with E-state index in [9.17, 15) is 0 Å². The summed E-state index contributed by atoms with van der Waals surface area (Å²) < 4.78 is 8.44. The molecule has 2 saturated heterocycles. The van der Waals surface area contributed by atoms with Crippen LogP contribution in [0.15, 0.2) is 0 Å². The zero-order chi connectivity index (χ0) is 7.84. The van der Waals surface area contributed by atoms with Crippen LogP contribution < -0.4 is 0 Å². The van der Waals surface area contributed by atoms with Gasteiger partial charge < -0.3 is 4.52 Å². The van der Waals surface area contributed by atoms with Crippen LogP contribution in [-0.2, 0) is 4.52 Å². The lowest BCUT2D eigenvalue weighted by Crippen LogP contribution is -2.26. The molecule has 2 aliphatic rings. The van der Waals surface area contributed by atoms with Gasteiger partial charge in [-0.05, 0) is 25.9 Å². The largest absolute Gasteiger partial charge is 0.339 e. The zero-order valence-electron chi connectivity index (χ0n) is 7.29. The van der Waals surface area contributed by atoms with Crippen LogP contribution in [0.2, 0.25) is 0 Å². The smallest absolute Gasteiger partial charge is 0.101 e. The maximum Gasteiger partial charge on any atom is 0.101 e. The van der Waals surface area contributed by atoms with E-state index in [-0.39, 0.29) is 8.30 Å². The second-order valence-electron chi connectivity index (χ2n) is 3.39. The molecular weight excluding hydrogens is 157 g/mol. The van der Waals surface area contributed by atoms with Crippen LogP contribution in [-0.4, -0.2) is 30.0 Å². The van der Waals surface area contributed by atoms with Crippen molar-refractivity contribution in [3.8, 4) is 0 Å². The number of hydrogen-bond acceptors (Lipinski definition) is 2. The highest BCUT2D eigenvalue weighted by Crippen LogP contribution is 2.52. The Labute approximate surface area is 69.8 Å². The minimum Gasteiger partial charge on any atom is -0.339 e. The summed E-state index contributed by atoms with van der Waals surface area (Å²) in [4.78, 5) is 0. The lowest BCUT2D eigenvalue weighted by molar-refractivity contribution is 0.205. The van der Waals surface area contributed by atoms with Crippen LogP contribution in [0.3, 0.4) is 0 Å². The predicted molar refractivity (Wildman–Crippen MR) is 47.7 cm³/mol. The lowest BCUT2D eigenvalue weighted by atomic mass is 10.1. The maximum atomic E-state index is 5.87. The Morgan fingerprint density at radius 3 is 3.18 bits per heavy atom. The third kappa shape index (κ3) is 1.22. The van der Waals surface area contributed by atoms with E-state index in [0.29, 0.717) is 6.10 Å². The van der Waals surface area contributed by atoms with E-state index >= 15 is 0 Å². The van der Waals surface area contributed by atoms with E-state index in [1.165, 1.54) is 25.8 Å². The van der Waals surface area contributed by atoms with Crippen molar-refractivity contribution in [1.82, 2.24) is 4.67 Å². The molecule has 0 saturated carbocycles. The summed E-state index contributed by atoms with van der Waals surface area (Å²) in [5.74, 6) is 0. The molecule has 0 amide bonds. The minimum atomic E-state index is -0.217. The van der Waals surface area contributed by atoms with E-state index in [2.05, 4.69) is 18.3 Å². The molecule has 0 bridgehead atoms. The van der Waals surface area contributed by atoms with Crippen molar-refractivity contribution in [2.45, 2.75) is 38.3 Å². The average Bonchev–Trinajstić information content (AvgIpc) is 2.54. The first-order chi connectivity index (χ1) is 5.33. The molecule has 3 atom stereocenters. The monoisotopic (exact) mass is 173 g/mol. The van der Waals surface area contributed by atoms with E-state index in [1.807, 2.05) is 0 Å². The Kier molecular flexibility index (Phi) is 2.18. The topological polar surface area (TPSA) is 12.5 Å². The van der Waals surface area contributed by atoms with Crippen molar-refractivity contribution in [3.05, 3.63) is 0 Å². The average molecular weight is 173 g/mol. The first-order valence-electron chi connectivity index (χ1n) is 4.50. The van der Waals surface area contributed by atoms with E-state index < -0.39 is 0 Å². The quantitative estimate of drug-likeness (QED) is 0.563. The summed E-state index contributed by atoms with van der Waals surface area (Å²) in [6.45, 7) is 5.75. The fourth-order valence-corrected chi connectivity index (χ4v) is 4.09. The summed E-state index contributed by atoms with van der Waals surface area (Å²) in [6.07, 6.45) is 4.49. The van der Waals surface area contributed by atoms with E-state index in [1.54, 1.807) is 0 Å². The molecular formula is C8H16NOP. The first kappa shape index (κ1) is 7.97. The molecule has 0 aliphatic carbocycles. The molecule has 2 rings (SSSR count). The van der Waals surface area contributed by atoms with Crippen molar-refractivity contribution in [2.75, 3.05) is 13.2 Å². The van der Waals surface area contributed by atoms with E-state index in [4.69, 9.17) is 4.52 Å². The molecule has 64 valence electrons. The molecule has 11 heavy (non-hydrogen) atoms. The third-order valence-electron chi connectivity index (χ3n) is 2.75. The van der Waals surface area contributed by atoms with Crippen LogP contribution in [0.5, 0.6) is 0 Å². The van der Waals surface area contributed by atoms with Crippen LogP contribution in [0.4, 0.5) is 0 Å². The Morgan fingerprint density at radius 2 is 2.45 bits per heavy atom. The molecule has 3 heteroatoms. The van der Waals surface area contributed by atoms with Gasteiger partial charge in [-0.15, -0.1) is 0 Å². The van der Waals surface area contributed by atoms with Gasteiger partial charge in [0.2, 0.25) is 0 Å². The second-order valence-corrected chi connectivity index (χ2v) is 5.04. The fourth-order valence-electron chi connectivity index (χ4n) is 2.18. The van der Waals surface area contributed by atoms with Crippen molar-refractivity contribution in [3.63, 3.8) is 0 Å². The van der Waals surface area contributed by atoms with Gasteiger partial charge in [0.1, 0.15) is 8.30 Å². The first-order valence-corrected chi connectivity index (χ1v) is 6.16. The molecule has 2 heterocycles. The van der Waals surface area contributed by atoms with Crippen molar-refractivity contribution in [1.29, 1.82) is 0 Å². The Balaban J connectivity index is 2.07. The van der Waals surface area contributed by atoms with Gasteiger partial charge in [0, 0.05) is 12.6 Å². The highest BCUT2D eigenvalue weighted by molar-refractivity contribution is 7.49. The lowest BCUT2D eigenvalue weighted by Gasteiger charge is -2.16. The zero-order valence-corrected chi connectivity index (χ0v) is 8.18. The summed E-state index contributed by atoms with van der Waals surface area (Å²) >= 11 is 0. The van der Waals surface area contributed by atoms with Gasteiger partial charge in [0.25, 0.3) is 0 Å².